The third-order valence-electron chi connectivity index (χ3n) is 14.8. The molecule has 0 amide bonds. The lowest BCUT2D eigenvalue weighted by Gasteiger charge is -2.13. The zero-order valence-electron chi connectivity index (χ0n) is 40.5. The number of benzene rings is 10. The lowest BCUT2D eigenvalue weighted by atomic mass is 10.0. The van der Waals surface area contributed by atoms with Gasteiger partial charge in [-0.15, -0.1) is 0 Å². The number of rotatable bonds is 7. The molecule has 0 radical (unpaired) electrons. The summed E-state index contributed by atoms with van der Waals surface area (Å²) in [5.41, 5.74) is 14.6. The van der Waals surface area contributed by atoms with Crippen molar-refractivity contribution in [1.29, 1.82) is 0 Å². The average Bonchev–Trinajstić information content (AvgIpc) is 4.25. The molecule has 9 nitrogen and oxygen atoms in total. The molecule has 0 aliphatic rings. The summed E-state index contributed by atoms with van der Waals surface area (Å²) in [6.45, 7) is 0. The standard InChI is InChI=1S/C67H39N7O2/c1-3-16-40(17-4-1)64-70-65(41-18-5-2-6-19-41)72-66(71-64)44-20-15-21-45(36-44)73-56-27-12-8-25-50(56)62-57(73)33-32-49-46-22-7-11-26-55(46)74(63(49)62)67-68-53(42-30-34-60-51(37-42)47-23-9-13-28-58(47)75-60)39-54(69-67)43-31-35-61-52(38-43)48-24-10-14-29-59(48)76-61/h1-39H. The molecule has 0 aliphatic heterocycles. The Morgan fingerprint density at radius 2 is 0.763 bits per heavy atom. The summed E-state index contributed by atoms with van der Waals surface area (Å²) in [5.74, 6) is 2.37. The minimum atomic E-state index is 0.553. The van der Waals surface area contributed by atoms with E-state index in [1.165, 1.54) is 0 Å². The summed E-state index contributed by atoms with van der Waals surface area (Å²) in [4.78, 5) is 26.3. The van der Waals surface area contributed by atoms with Crippen LogP contribution < -0.4 is 0 Å². The first kappa shape index (κ1) is 42.0. The first-order chi connectivity index (χ1) is 37.6. The molecule has 16 rings (SSSR count). The van der Waals surface area contributed by atoms with Crippen molar-refractivity contribution in [3.8, 4) is 68.3 Å². The molecule has 0 atom stereocenters. The molecule has 6 aromatic heterocycles. The molecule has 0 spiro atoms. The molecule has 0 N–H and O–H groups in total. The molecule has 0 fully saturated rings. The molecule has 9 heteroatoms. The van der Waals surface area contributed by atoms with Crippen molar-refractivity contribution in [2.75, 3.05) is 0 Å². The smallest absolute Gasteiger partial charge is 0.235 e. The highest BCUT2D eigenvalue weighted by atomic mass is 16.3. The fourth-order valence-electron chi connectivity index (χ4n) is 11.3. The van der Waals surface area contributed by atoms with E-state index in [0.717, 1.165) is 132 Å². The molecular weight excluding hydrogens is 935 g/mol. The van der Waals surface area contributed by atoms with Gasteiger partial charge in [-0.3, -0.25) is 4.57 Å². The van der Waals surface area contributed by atoms with Crippen LogP contribution in [-0.4, -0.2) is 34.1 Å². The van der Waals surface area contributed by atoms with Gasteiger partial charge in [0.25, 0.3) is 0 Å². The second kappa shape index (κ2) is 16.5. The summed E-state index contributed by atoms with van der Waals surface area (Å²) in [6.07, 6.45) is 0. The molecular formula is C67H39N7O2. The molecule has 0 unspecified atom stereocenters. The van der Waals surface area contributed by atoms with Crippen LogP contribution in [0, 0.1) is 0 Å². The van der Waals surface area contributed by atoms with Crippen molar-refractivity contribution < 1.29 is 8.83 Å². The van der Waals surface area contributed by atoms with Crippen molar-refractivity contribution in [1.82, 2.24) is 34.1 Å². The Morgan fingerprint density at radius 3 is 1.37 bits per heavy atom. The molecule has 0 saturated carbocycles. The normalized spacial score (nSPS) is 11.9. The van der Waals surface area contributed by atoms with Gasteiger partial charge >= 0.3 is 0 Å². The van der Waals surface area contributed by atoms with E-state index in [4.69, 9.17) is 33.8 Å². The number of hydrogen-bond acceptors (Lipinski definition) is 7. The molecule has 0 bridgehead atoms. The Kier molecular flexibility index (Phi) is 9.13. The van der Waals surface area contributed by atoms with E-state index in [-0.39, 0.29) is 0 Å². The van der Waals surface area contributed by atoms with Crippen LogP contribution in [0.15, 0.2) is 245 Å². The van der Waals surface area contributed by atoms with E-state index in [9.17, 15) is 0 Å². The maximum atomic E-state index is 6.31. The fraction of sp³-hybridized carbons (Fsp3) is 0. The Hall–Kier alpha value is -10.5. The van der Waals surface area contributed by atoms with E-state index < -0.39 is 0 Å². The van der Waals surface area contributed by atoms with E-state index in [2.05, 4.69) is 161 Å². The van der Waals surface area contributed by atoms with Crippen molar-refractivity contribution in [3.63, 3.8) is 0 Å². The quantitative estimate of drug-likeness (QED) is 0.157. The molecule has 354 valence electrons. The summed E-state index contributed by atoms with van der Waals surface area (Å²) < 4.78 is 17.2. The summed E-state index contributed by atoms with van der Waals surface area (Å²) >= 11 is 0. The fourth-order valence-corrected chi connectivity index (χ4v) is 11.3. The summed E-state index contributed by atoms with van der Waals surface area (Å²) in [7, 11) is 0. The van der Waals surface area contributed by atoms with Crippen LogP contribution >= 0.6 is 0 Å². The van der Waals surface area contributed by atoms with E-state index >= 15 is 0 Å². The Balaban J connectivity index is 0.939. The van der Waals surface area contributed by atoms with Gasteiger partial charge in [-0.1, -0.05) is 152 Å². The third kappa shape index (κ3) is 6.55. The highest BCUT2D eigenvalue weighted by Gasteiger charge is 2.24. The maximum absolute atomic E-state index is 6.31. The van der Waals surface area contributed by atoms with Crippen LogP contribution in [0.2, 0.25) is 0 Å². The second-order valence-corrected chi connectivity index (χ2v) is 19.2. The van der Waals surface area contributed by atoms with Gasteiger partial charge in [-0.05, 0) is 84.9 Å². The van der Waals surface area contributed by atoms with Crippen molar-refractivity contribution >= 4 is 87.5 Å². The minimum Gasteiger partial charge on any atom is -0.456 e. The third-order valence-corrected chi connectivity index (χ3v) is 14.8. The monoisotopic (exact) mass is 973 g/mol. The molecule has 10 aromatic carbocycles. The molecule has 76 heavy (non-hydrogen) atoms. The van der Waals surface area contributed by atoms with Gasteiger partial charge in [-0.2, -0.15) is 0 Å². The Morgan fingerprint density at radius 1 is 0.276 bits per heavy atom. The SMILES string of the molecule is c1ccc(-c2nc(-c3ccccc3)nc(-c3cccc(-n4c5ccccc5c5c4ccc4c6ccccc6n(-c6nc(-c7ccc8oc9ccccc9c8c7)cc(-c7ccc8oc9ccccc9c8c7)n6)c45)c3)n2)cc1. The predicted octanol–water partition coefficient (Wildman–Crippen LogP) is 17.0. The van der Waals surface area contributed by atoms with Gasteiger partial charge < -0.3 is 13.4 Å². The highest BCUT2D eigenvalue weighted by molar-refractivity contribution is 6.26. The van der Waals surface area contributed by atoms with Crippen LogP contribution in [0.3, 0.4) is 0 Å². The lowest BCUT2D eigenvalue weighted by molar-refractivity contribution is 0.668. The molecule has 0 saturated heterocycles. The van der Waals surface area contributed by atoms with Crippen LogP contribution in [0.5, 0.6) is 0 Å². The average molecular weight is 974 g/mol. The van der Waals surface area contributed by atoms with Crippen LogP contribution in [0.4, 0.5) is 0 Å². The zero-order chi connectivity index (χ0) is 49.8. The van der Waals surface area contributed by atoms with Gasteiger partial charge in [0, 0.05) is 76.6 Å². The second-order valence-electron chi connectivity index (χ2n) is 19.2. The Bertz CT molecular complexity index is 4820. The van der Waals surface area contributed by atoms with Crippen molar-refractivity contribution in [2.45, 2.75) is 0 Å². The van der Waals surface area contributed by atoms with Crippen molar-refractivity contribution in [2.24, 2.45) is 0 Å². The van der Waals surface area contributed by atoms with Gasteiger partial charge in [0.05, 0.1) is 33.5 Å². The number of fused-ring (bicyclic) bond motifs is 13. The molecule has 16 aromatic rings. The minimum absolute atomic E-state index is 0.553. The summed E-state index contributed by atoms with van der Waals surface area (Å²) in [5, 5.41) is 8.55. The highest BCUT2D eigenvalue weighted by Crippen LogP contribution is 2.43. The molecule has 0 aliphatic carbocycles. The zero-order valence-corrected chi connectivity index (χ0v) is 40.5. The van der Waals surface area contributed by atoms with Crippen LogP contribution in [0.25, 0.3) is 156 Å². The lowest BCUT2D eigenvalue weighted by Crippen LogP contribution is -2.04. The number of para-hydroxylation sites is 4. The van der Waals surface area contributed by atoms with E-state index in [0.29, 0.717) is 23.4 Å². The molecule has 6 heterocycles. The van der Waals surface area contributed by atoms with E-state index in [1.807, 2.05) is 84.9 Å². The van der Waals surface area contributed by atoms with Gasteiger partial charge in [0.2, 0.25) is 5.95 Å². The van der Waals surface area contributed by atoms with Gasteiger partial charge in [0.15, 0.2) is 17.5 Å². The maximum Gasteiger partial charge on any atom is 0.235 e. The van der Waals surface area contributed by atoms with Crippen LogP contribution in [0.1, 0.15) is 0 Å². The van der Waals surface area contributed by atoms with E-state index in [1.54, 1.807) is 0 Å². The van der Waals surface area contributed by atoms with Gasteiger partial charge in [-0.25, -0.2) is 24.9 Å². The first-order valence-corrected chi connectivity index (χ1v) is 25.3. The Labute approximate surface area is 433 Å². The number of nitrogens with zero attached hydrogens (tertiary/aromatic N) is 7. The largest absolute Gasteiger partial charge is 0.456 e. The number of hydrogen-bond donors (Lipinski definition) is 0. The van der Waals surface area contributed by atoms with Crippen LogP contribution in [-0.2, 0) is 0 Å². The summed E-state index contributed by atoms with van der Waals surface area (Å²) in [6, 6.07) is 81.6. The van der Waals surface area contributed by atoms with Gasteiger partial charge in [0.1, 0.15) is 22.3 Å². The topological polar surface area (TPSA) is 101 Å². The number of aromatic nitrogens is 7. The first-order valence-electron chi connectivity index (χ1n) is 25.3. The van der Waals surface area contributed by atoms with Crippen molar-refractivity contribution in [3.05, 3.63) is 237 Å². The predicted molar refractivity (Wildman–Crippen MR) is 306 cm³/mol. The number of furan rings is 2.